The van der Waals surface area contributed by atoms with Gasteiger partial charge >= 0.3 is 5.69 Å². The van der Waals surface area contributed by atoms with Crippen molar-refractivity contribution in [1.29, 1.82) is 0 Å². The fourth-order valence-corrected chi connectivity index (χ4v) is 7.59. The summed E-state index contributed by atoms with van der Waals surface area (Å²) in [7, 11) is 0. The summed E-state index contributed by atoms with van der Waals surface area (Å²) in [6.45, 7) is 8.86. The van der Waals surface area contributed by atoms with Crippen LogP contribution in [0.5, 0.6) is 5.88 Å². The van der Waals surface area contributed by atoms with Gasteiger partial charge in [0.15, 0.2) is 5.65 Å². The lowest BCUT2D eigenvalue weighted by atomic mass is 10.1. The van der Waals surface area contributed by atoms with Crippen LogP contribution in [0.3, 0.4) is 0 Å². The zero-order valence-electron chi connectivity index (χ0n) is 24.9. The van der Waals surface area contributed by atoms with Crippen LogP contribution in [0.2, 0.25) is 5.02 Å². The minimum Gasteiger partial charge on any atom is -0.476 e. The molecule has 3 aliphatic rings. The molecule has 7 rings (SSSR count). The number of amides is 1. The van der Waals surface area contributed by atoms with Gasteiger partial charge in [-0.05, 0) is 55.2 Å². The number of thioether (sulfide) groups is 1. The summed E-state index contributed by atoms with van der Waals surface area (Å²) in [5.74, 6) is 0.729. The van der Waals surface area contributed by atoms with E-state index in [-0.39, 0.29) is 51.7 Å². The quantitative estimate of drug-likeness (QED) is 0.271. The molecule has 0 spiro atoms. The Hall–Kier alpha value is -4.03. The second kappa shape index (κ2) is 11.7. The van der Waals surface area contributed by atoms with Gasteiger partial charge in [-0.3, -0.25) is 4.79 Å². The van der Waals surface area contributed by atoms with Crippen LogP contribution >= 0.6 is 23.4 Å². The van der Waals surface area contributed by atoms with Gasteiger partial charge in [-0.15, -0.1) is 11.8 Å². The normalized spacial score (nSPS) is 19.4. The van der Waals surface area contributed by atoms with Crippen molar-refractivity contribution in [3.8, 4) is 22.8 Å². The molecule has 2 bridgehead atoms. The molecule has 1 saturated carbocycles. The number of benzene rings is 1. The molecule has 13 heteroatoms. The monoisotopic (exact) mass is 647 g/mol. The third-order valence-electron chi connectivity index (χ3n) is 8.47. The first-order chi connectivity index (χ1) is 21.8. The van der Waals surface area contributed by atoms with Gasteiger partial charge in [0.2, 0.25) is 11.8 Å². The molecule has 4 aromatic rings. The Balaban J connectivity index is 1.52. The van der Waals surface area contributed by atoms with E-state index in [2.05, 4.69) is 21.5 Å². The lowest BCUT2D eigenvalue weighted by Gasteiger charge is -2.35. The van der Waals surface area contributed by atoms with Crippen LogP contribution in [0, 0.1) is 5.82 Å². The maximum Gasteiger partial charge on any atom is 0.356 e. The van der Waals surface area contributed by atoms with Gasteiger partial charge in [-0.25, -0.2) is 23.7 Å². The first kappa shape index (κ1) is 29.7. The minimum atomic E-state index is -0.600. The first-order valence-corrected chi connectivity index (χ1v) is 16.4. The van der Waals surface area contributed by atoms with E-state index < -0.39 is 11.5 Å². The standard InChI is InChI=1S/C32H31ClFN7O3S/c1-4-24(42)39-10-11-40(22-15-21(22)39)29-18-14-19(33)27-25-20(34)8-7-9-23(25)45-13-6-5-12-44-31-28(26(17(2)3)35-16-36-31)41(30(18)37-27)32(43)38-29/h4,7-9,14,16-17,21-22H,1,5-6,10-13,15H2,2-3H3/t21-,22?/m1/s1. The number of anilines is 1. The van der Waals surface area contributed by atoms with Gasteiger partial charge in [-0.1, -0.05) is 38.1 Å². The molecular formula is C32H31ClFN7O3S. The number of piperazine rings is 1. The molecule has 2 aliphatic heterocycles. The number of halogens is 2. The molecule has 1 saturated heterocycles. The van der Waals surface area contributed by atoms with Crippen molar-refractivity contribution in [2.24, 2.45) is 0 Å². The second-order valence-corrected chi connectivity index (χ2v) is 13.2. The number of nitrogens with zero attached hydrogens (tertiary/aromatic N) is 7. The van der Waals surface area contributed by atoms with E-state index in [0.29, 0.717) is 47.2 Å². The van der Waals surface area contributed by atoms with Crippen molar-refractivity contribution in [1.82, 2.24) is 29.4 Å². The largest absolute Gasteiger partial charge is 0.476 e. The fraction of sp³-hybridized carbons (Fsp3) is 0.375. The maximum absolute atomic E-state index is 15.7. The smallest absolute Gasteiger partial charge is 0.356 e. The molecule has 232 valence electrons. The minimum absolute atomic E-state index is 0.00940. The van der Waals surface area contributed by atoms with Crippen LogP contribution in [0.4, 0.5) is 10.2 Å². The summed E-state index contributed by atoms with van der Waals surface area (Å²) in [4.78, 5) is 49.8. The molecule has 3 aromatic heterocycles. The highest BCUT2D eigenvalue weighted by Crippen LogP contribution is 2.44. The summed E-state index contributed by atoms with van der Waals surface area (Å²) >= 11 is 8.49. The van der Waals surface area contributed by atoms with Crippen molar-refractivity contribution >= 4 is 46.1 Å². The molecule has 5 heterocycles. The van der Waals surface area contributed by atoms with Crippen molar-refractivity contribution < 1.29 is 13.9 Å². The molecule has 2 fully saturated rings. The van der Waals surface area contributed by atoms with Crippen LogP contribution < -0.4 is 15.3 Å². The number of carbonyl (C=O) groups is 1. The Morgan fingerprint density at radius 1 is 1.20 bits per heavy atom. The van der Waals surface area contributed by atoms with Gasteiger partial charge in [0, 0.05) is 18.0 Å². The molecule has 0 N–H and O–H groups in total. The number of fused-ring (bicyclic) bond motifs is 6. The van der Waals surface area contributed by atoms with Gasteiger partial charge in [-0.2, -0.15) is 9.97 Å². The average molecular weight is 648 g/mol. The van der Waals surface area contributed by atoms with Crippen LogP contribution in [0.25, 0.3) is 28.0 Å². The highest BCUT2D eigenvalue weighted by Gasteiger charge is 2.51. The van der Waals surface area contributed by atoms with E-state index in [1.807, 2.05) is 29.7 Å². The van der Waals surface area contributed by atoms with Gasteiger partial charge < -0.3 is 14.5 Å². The second-order valence-electron chi connectivity index (χ2n) is 11.6. The molecule has 2 atom stereocenters. The summed E-state index contributed by atoms with van der Waals surface area (Å²) in [5, 5.41) is 0.743. The molecule has 0 radical (unpaired) electrons. The summed E-state index contributed by atoms with van der Waals surface area (Å²) in [6, 6.07) is 6.60. The predicted octanol–water partition coefficient (Wildman–Crippen LogP) is 5.39. The van der Waals surface area contributed by atoms with E-state index in [4.69, 9.17) is 21.3 Å². The van der Waals surface area contributed by atoms with Crippen LogP contribution in [0.1, 0.15) is 44.7 Å². The first-order valence-electron chi connectivity index (χ1n) is 15.0. The Bertz CT molecular complexity index is 1920. The topological polar surface area (TPSA) is 106 Å². The molecule has 10 nitrogen and oxygen atoms in total. The highest BCUT2D eigenvalue weighted by molar-refractivity contribution is 7.99. The number of rotatable bonds is 3. The molecule has 1 unspecified atom stereocenters. The highest BCUT2D eigenvalue weighted by atomic mass is 35.5. The maximum atomic E-state index is 15.7. The number of ether oxygens (including phenoxy) is 1. The zero-order valence-corrected chi connectivity index (χ0v) is 26.4. The Morgan fingerprint density at radius 2 is 2.04 bits per heavy atom. The molecule has 45 heavy (non-hydrogen) atoms. The number of aromatic nitrogens is 5. The Morgan fingerprint density at radius 3 is 2.84 bits per heavy atom. The summed E-state index contributed by atoms with van der Waals surface area (Å²) in [5.41, 5.74) is 1.09. The molecular weight excluding hydrogens is 617 g/mol. The van der Waals surface area contributed by atoms with Crippen molar-refractivity contribution in [3.63, 3.8) is 0 Å². The number of pyridine rings is 1. The molecule has 1 aromatic carbocycles. The van der Waals surface area contributed by atoms with Gasteiger partial charge in [0.1, 0.15) is 23.6 Å². The molecule has 1 aliphatic carbocycles. The van der Waals surface area contributed by atoms with Crippen molar-refractivity contribution in [2.75, 3.05) is 30.3 Å². The summed E-state index contributed by atoms with van der Waals surface area (Å²) in [6.07, 6.45) is 5.04. The SMILES string of the molecule is C=CC(=O)N1CCN(c2nc(=O)n3c4nc(c(Cl)cc24)-c2c(F)cccc2SCCCCOc2ncnc(C(C)C)c2-3)C2C[C@H]21. The van der Waals surface area contributed by atoms with Gasteiger partial charge in [0.25, 0.3) is 0 Å². The zero-order chi connectivity index (χ0) is 31.4. The number of hydrogen-bond acceptors (Lipinski definition) is 9. The van der Waals surface area contributed by atoms with E-state index in [1.165, 1.54) is 34.8 Å². The number of hydrogen-bond donors (Lipinski definition) is 0. The van der Waals surface area contributed by atoms with Crippen LogP contribution in [0.15, 0.2) is 52.9 Å². The third-order valence-corrected chi connectivity index (χ3v) is 9.90. The average Bonchev–Trinajstić information content (AvgIpc) is 3.83. The van der Waals surface area contributed by atoms with Gasteiger partial charge in [0.05, 0.1) is 46.1 Å². The van der Waals surface area contributed by atoms with E-state index in [9.17, 15) is 9.59 Å². The van der Waals surface area contributed by atoms with E-state index in [0.717, 1.165) is 25.0 Å². The Kier molecular flexibility index (Phi) is 7.73. The summed E-state index contributed by atoms with van der Waals surface area (Å²) < 4.78 is 23.2. The van der Waals surface area contributed by atoms with Crippen molar-refractivity contribution in [2.45, 2.75) is 56.0 Å². The van der Waals surface area contributed by atoms with Crippen LogP contribution in [-0.4, -0.2) is 72.8 Å². The third kappa shape index (κ3) is 5.13. The van der Waals surface area contributed by atoms with E-state index >= 15 is 4.39 Å². The van der Waals surface area contributed by atoms with Crippen molar-refractivity contribution in [3.05, 3.63) is 70.3 Å². The Labute approximate surface area is 268 Å². The fourth-order valence-electron chi connectivity index (χ4n) is 6.26. The van der Waals surface area contributed by atoms with E-state index in [1.54, 1.807) is 12.1 Å². The molecule has 1 amide bonds. The lowest BCUT2D eigenvalue weighted by molar-refractivity contribution is -0.126. The predicted molar refractivity (Wildman–Crippen MR) is 172 cm³/mol. The lowest BCUT2D eigenvalue weighted by Crippen LogP contribution is -2.49. The number of carbonyl (C=O) groups excluding carboxylic acids is 1. The van der Waals surface area contributed by atoms with Crippen LogP contribution in [-0.2, 0) is 4.79 Å².